The van der Waals surface area contributed by atoms with Crippen LogP contribution in [-0.2, 0) is 0 Å². The first-order chi connectivity index (χ1) is 8.58. The summed E-state index contributed by atoms with van der Waals surface area (Å²) in [5.41, 5.74) is 8.89. The molecule has 2 rings (SSSR count). The average Bonchev–Trinajstić information content (AvgIpc) is 2.33. The van der Waals surface area contributed by atoms with Crippen molar-refractivity contribution in [1.82, 2.24) is 0 Å². The van der Waals surface area contributed by atoms with Gasteiger partial charge in [-0.25, -0.2) is 0 Å². The lowest BCUT2D eigenvalue weighted by Crippen LogP contribution is -2.36. The quantitative estimate of drug-likeness (QED) is 0.788. The second kappa shape index (κ2) is 5.53. The Morgan fingerprint density at radius 2 is 2.00 bits per heavy atom. The maximum Gasteiger partial charge on any atom is 0.127 e. The Morgan fingerprint density at radius 1 is 1.28 bits per heavy atom. The third-order valence-electron chi connectivity index (χ3n) is 3.66. The summed E-state index contributed by atoms with van der Waals surface area (Å²) < 4.78 is 0. The number of rotatable bonds is 2. The molecule has 0 aromatic heterocycles. The fourth-order valence-electron chi connectivity index (χ4n) is 2.59. The van der Waals surface area contributed by atoms with E-state index < -0.39 is 0 Å². The SMILES string of the molecule is Cc1cc(C)c(O)c(C=N[C@@H]2CCCCC2N)c1. The molecule has 0 aliphatic heterocycles. The standard InChI is InChI=1S/C15H22N2O/c1-10-7-11(2)15(18)12(8-10)9-17-14-6-4-3-5-13(14)16/h7-9,13-14,18H,3-6,16H2,1-2H3/t13?,14-/m1/s1. The molecule has 18 heavy (non-hydrogen) atoms. The highest BCUT2D eigenvalue weighted by Gasteiger charge is 2.20. The van der Waals surface area contributed by atoms with Gasteiger partial charge in [0.2, 0.25) is 0 Å². The van der Waals surface area contributed by atoms with Crippen LogP contribution in [0, 0.1) is 13.8 Å². The number of nitrogens with two attached hydrogens (primary N) is 1. The summed E-state index contributed by atoms with van der Waals surface area (Å²) in [6, 6.07) is 4.31. The minimum absolute atomic E-state index is 0.169. The van der Waals surface area contributed by atoms with E-state index in [0.29, 0.717) is 5.75 Å². The van der Waals surface area contributed by atoms with Crippen LogP contribution in [0.5, 0.6) is 5.75 Å². The van der Waals surface area contributed by atoms with Gasteiger partial charge >= 0.3 is 0 Å². The maximum absolute atomic E-state index is 9.99. The third kappa shape index (κ3) is 2.91. The highest BCUT2D eigenvalue weighted by Crippen LogP contribution is 2.24. The van der Waals surface area contributed by atoms with Gasteiger partial charge in [0, 0.05) is 17.8 Å². The van der Waals surface area contributed by atoms with Crippen molar-refractivity contribution in [2.24, 2.45) is 10.7 Å². The van der Waals surface area contributed by atoms with Crippen LogP contribution >= 0.6 is 0 Å². The molecule has 1 fully saturated rings. The van der Waals surface area contributed by atoms with E-state index >= 15 is 0 Å². The Hall–Kier alpha value is -1.35. The zero-order valence-corrected chi connectivity index (χ0v) is 11.2. The number of aromatic hydroxyl groups is 1. The Balaban J connectivity index is 2.17. The Kier molecular flexibility index (Phi) is 4.02. The van der Waals surface area contributed by atoms with Crippen LogP contribution in [0.1, 0.15) is 42.4 Å². The van der Waals surface area contributed by atoms with Gasteiger partial charge < -0.3 is 10.8 Å². The van der Waals surface area contributed by atoms with Gasteiger partial charge in [-0.05, 0) is 43.9 Å². The predicted molar refractivity (Wildman–Crippen MR) is 75.4 cm³/mol. The zero-order valence-electron chi connectivity index (χ0n) is 11.2. The van der Waals surface area contributed by atoms with E-state index in [2.05, 4.69) is 4.99 Å². The number of phenols is 1. The molecule has 1 aromatic rings. The van der Waals surface area contributed by atoms with Gasteiger partial charge in [-0.3, -0.25) is 4.99 Å². The fraction of sp³-hybridized carbons (Fsp3) is 0.533. The van der Waals surface area contributed by atoms with Crippen LogP contribution in [0.25, 0.3) is 0 Å². The van der Waals surface area contributed by atoms with Gasteiger partial charge in [0.1, 0.15) is 5.75 Å². The number of nitrogens with zero attached hydrogens (tertiary/aromatic N) is 1. The van der Waals surface area contributed by atoms with Crippen LogP contribution in [0.15, 0.2) is 17.1 Å². The van der Waals surface area contributed by atoms with Crippen molar-refractivity contribution >= 4 is 6.21 Å². The molecule has 2 atom stereocenters. The van der Waals surface area contributed by atoms with E-state index in [-0.39, 0.29) is 12.1 Å². The van der Waals surface area contributed by atoms with Crippen molar-refractivity contribution in [1.29, 1.82) is 0 Å². The molecule has 0 heterocycles. The molecule has 0 radical (unpaired) electrons. The van der Waals surface area contributed by atoms with Gasteiger partial charge in [-0.15, -0.1) is 0 Å². The first-order valence-corrected chi connectivity index (χ1v) is 6.67. The summed E-state index contributed by atoms with van der Waals surface area (Å²) in [5, 5.41) is 9.99. The lowest BCUT2D eigenvalue weighted by atomic mass is 9.91. The molecule has 98 valence electrons. The molecule has 1 aromatic carbocycles. The smallest absolute Gasteiger partial charge is 0.127 e. The molecule has 0 amide bonds. The molecule has 1 saturated carbocycles. The van der Waals surface area contributed by atoms with Crippen molar-refractivity contribution in [3.63, 3.8) is 0 Å². The molecule has 1 aliphatic carbocycles. The molecule has 3 heteroatoms. The van der Waals surface area contributed by atoms with Crippen LogP contribution in [-0.4, -0.2) is 23.4 Å². The second-order valence-electron chi connectivity index (χ2n) is 5.31. The molecule has 3 N–H and O–H groups in total. The van der Waals surface area contributed by atoms with Gasteiger partial charge in [-0.1, -0.05) is 18.9 Å². The monoisotopic (exact) mass is 246 g/mol. The minimum Gasteiger partial charge on any atom is -0.507 e. The second-order valence-corrected chi connectivity index (χ2v) is 5.31. The van der Waals surface area contributed by atoms with Gasteiger partial charge in [-0.2, -0.15) is 0 Å². The normalized spacial score (nSPS) is 24.6. The van der Waals surface area contributed by atoms with Gasteiger partial charge in [0.15, 0.2) is 0 Å². The number of aliphatic imine (C=N–C) groups is 1. The Labute approximate surface area is 109 Å². The summed E-state index contributed by atoms with van der Waals surface area (Å²) >= 11 is 0. The lowest BCUT2D eigenvalue weighted by molar-refractivity contribution is 0.387. The molecular weight excluding hydrogens is 224 g/mol. The number of aryl methyl sites for hydroxylation is 2. The largest absolute Gasteiger partial charge is 0.507 e. The van der Waals surface area contributed by atoms with Crippen LogP contribution in [0.3, 0.4) is 0 Å². The van der Waals surface area contributed by atoms with Crippen molar-refractivity contribution in [2.75, 3.05) is 0 Å². The van der Waals surface area contributed by atoms with E-state index in [1.807, 2.05) is 26.0 Å². The molecule has 0 saturated heterocycles. The molecule has 1 aliphatic rings. The highest BCUT2D eigenvalue weighted by molar-refractivity contribution is 5.84. The number of hydrogen-bond acceptors (Lipinski definition) is 3. The van der Waals surface area contributed by atoms with Crippen molar-refractivity contribution in [3.05, 3.63) is 28.8 Å². The third-order valence-corrected chi connectivity index (χ3v) is 3.66. The molecule has 0 spiro atoms. The van der Waals surface area contributed by atoms with Gasteiger partial charge in [0.05, 0.1) is 6.04 Å². The maximum atomic E-state index is 9.99. The van der Waals surface area contributed by atoms with Crippen LogP contribution < -0.4 is 5.73 Å². The minimum atomic E-state index is 0.169. The summed E-state index contributed by atoms with van der Waals surface area (Å²) in [7, 11) is 0. The molecule has 3 nitrogen and oxygen atoms in total. The average molecular weight is 246 g/mol. The van der Waals surface area contributed by atoms with Crippen LogP contribution in [0.4, 0.5) is 0 Å². The summed E-state index contributed by atoms with van der Waals surface area (Å²) in [5.74, 6) is 0.328. The number of benzene rings is 1. The van der Waals surface area contributed by atoms with Crippen molar-refractivity contribution < 1.29 is 5.11 Å². The predicted octanol–water partition coefficient (Wildman–Crippen LogP) is 2.70. The van der Waals surface area contributed by atoms with Crippen molar-refractivity contribution in [2.45, 2.75) is 51.6 Å². The Bertz CT molecular complexity index is 454. The van der Waals surface area contributed by atoms with E-state index in [1.165, 1.54) is 12.8 Å². The molecular formula is C15H22N2O. The summed E-state index contributed by atoms with van der Waals surface area (Å²) in [6.07, 6.45) is 6.31. The van der Waals surface area contributed by atoms with E-state index in [9.17, 15) is 5.11 Å². The first-order valence-electron chi connectivity index (χ1n) is 6.67. The molecule has 0 bridgehead atoms. The van der Waals surface area contributed by atoms with Gasteiger partial charge in [0.25, 0.3) is 0 Å². The highest BCUT2D eigenvalue weighted by atomic mass is 16.3. The summed E-state index contributed by atoms with van der Waals surface area (Å²) in [6.45, 7) is 3.93. The first kappa shape index (κ1) is 13.1. The van der Waals surface area contributed by atoms with Crippen molar-refractivity contribution in [3.8, 4) is 5.75 Å². The van der Waals surface area contributed by atoms with E-state index in [4.69, 9.17) is 5.73 Å². The lowest BCUT2D eigenvalue weighted by Gasteiger charge is -2.25. The van der Waals surface area contributed by atoms with E-state index in [1.54, 1.807) is 6.21 Å². The summed E-state index contributed by atoms with van der Waals surface area (Å²) in [4.78, 5) is 4.57. The number of phenolic OH excluding ortho intramolecular Hbond substituents is 1. The number of hydrogen-bond donors (Lipinski definition) is 2. The van der Waals surface area contributed by atoms with E-state index in [0.717, 1.165) is 29.5 Å². The fourth-order valence-corrected chi connectivity index (χ4v) is 2.59. The Morgan fingerprint density at radius 3 is 2.72 bits per heavy atom. The molecule has 1 unspecified atom stereocenters. The topological polar surface area (TPSA) is 58.6 Å². The zero-order chi connectivity index (χ0) is 13.1. The van der Waals surface area contributed by atoms with Crippen LogP contribution in [0.2, 0.25) is 0 Å².